The van der Waals surface area contributed by atoms with E-state index in [9.17, 15) is 27.6 Å². The van der Waals surface area contributed by atoms with E-state index in [1.54, 1.807) is 0 Å². The van der Waals surface area contributed by atoms with Gasteiger partial charge in [-0.25, -0.2) is 4.79 Å². The van der Waals surface area contributed by atoms with Crippen molar-refractivity contribution in [2.75, 3.05) is 11.4 Å². The summed E-state index contributed by atoms with van der Waals surface area (Å²) >= 11 is 0. The zero-order valence-corrected chi connectivity index (χ0v) is 10.4. The van der Waals surface area contributed by atoms with Crippen LogP contribution in [0.3, 0.4) is 0 Å². The highest BCUT2D eigenvalue weighted by Crippen LogP contribution is 2.36. The van der Waals surface area contributed by atoms with E-state index in [-0.39, 0.29) is 11.3 Å². The second-order valence-corrected chi connectivity index (χ2v) is 4.36. The molecule has 0 saturated heterocycles. The molecule has 0 aliphatic carbocycles. The molecule has 1 aliphatic heterocycles. The SMILES string of the molecule is C=C(CN1C(=O)C(=O)c2cc(C(F)(F)F)ccc21)C(=O)O. The monoisotopic (exact) mass is 299 g/mol. The van der Waals surface area contributed by atoms with Crippen LogP contribution in [0.5, 0.6) is 0 Å². The second-order valence-electron chi connectivity index (χ2n) is 4.36. The number of rotatable bonds is 3. The van der Waals surface area contributed by atoms with E-state index in [1.165, 1.54) is 0 Å². The van der Waals surface area contributed by atoms with Crippen LogP contribution in [0.4, 0.5) is 18.9 Å². The lowest BCUT2D eigenvalue weighted by Crippen LogP contribution is -2.32. The van der Waals surface area contributed by atoms with Gasteiger partial charge in [0.15, 0.2) is 0 Å². The highest BCUT2D eigenvalue weighted by Gasteiger charge is 2.39. The lowest BCUT2D eigenvalue weighted by Gasteiger charge is -2.16. The average molecular weight is 299 g/mol. The van der Waals surface area contributed by atoms with Gasteiger partial charge in [-0.3, -0.25) is 9.59 Å². The van der Waals surface area contributed by atoms with E-state index < -0.39 is 41.5 Å². The lowest BCUT2D eigenvalue weighted by atomic mass is 10.1. The number of carbonyl (C=O) groups is 3. The Bertz CT molecular complexity index is 678. The minimum Gasteiger partial charge on any atom is -0.478 e. The topological polar surface area (TPSA) is 74.7 Å². The third kappa shape index (κ3) is 2.51. The summed E-state index contributed by atoms with van der Waals surface area (Å²) in [7, 11) is 0. The van der Waals surface area contributed by atoms with Crippen molar-refractivity contribution in [3.05, 3.63) is 41.5 Å². The van der Waals surface area contributed by atoms with Gasteiger partial charge in [-0.2, -0.15) is 13.2 Å². The van der Waals surface area contributed by atoms with Gasteiger partial charge in [0.2, 0.25) is 0 Å². The fourth-order valence-corrected chi connectivity index (χ4v) is 1.89. The van der Waals surface area contributed by atoms with Crippen molar-refractivity contribution in [1.82, 2.24) is 0 Å². The van der Waals surface area contributed by atoms with Crippen LogP contribution >= 0.6 is 0 Å². The van der Waals surface area contributed by atoms with Crippen LogP contribution in [0.25, 0.3) is 0 Å². The summed E-state index contributed by atoms with van der Waals surface area (Å²) in [6, 6.07) is 2.27. The van der Waals surface area contributed by atoms with Crippen LogP contribution in [0.1, 0.15) is 15.9 Å². The number of nitrogens with zero attached hydrogens (tertiary/aromatic N) is 1. The predicted molar refractivity (Wildman–Crippen MR) is 64.9 cm³/mol. The maximum atomic E-state index is 12.6. The number of carboxylic acids is 1. The lowest BCUT2D eigenvalue weighted by molar-refractivity contribution is -0.137. The van der Waals surface area contributed by atoms with Crippen molar-refractivity contribution in [2.24, 2.45) is 0 Å². The molecule has 110 valence electrons. The zero-order valence-electron chi connectivity index (χ0n) is 10.4. The fraction of sp³-hybridized carbons (Fsp3) is 0.154. The number of benzene rings is 1. The van der Waals surface area contributed by atoms with Crippen molar-refractivity contribution >= 4 is 23.3 Å². The van der Waals surface area contributed by atoms with Gasteiger partial charge in [0.05, 0.1) is 23.4 Å². The van der Waals surface area contributed by atoms with Gasteiger partial charge < -0.3 is 10.0 Å². The molecule has 8 heteroatoms. The summed E-state index contributed by atoms with van der Waals surface area (Å²) in [6.07, 6.45) is -4.64. The van der Waals surface area contributed by atoms with Gasteiger partial charge in [-0.1, -0.05) is 6.58 Å². The molecular weight excluding hydrogens is 291 g/mol. The van der Waals surface area contributed by atoms with Gasteiger partial charge in [0.1, 0.15) is 0 Å². The van der Waals surface area contributed by atoms with Crippen LogP contribution in [-0.4, -0.2) is 29.3 Å². The maximum Gasteiger partial charge on any atom is 0.416 e. The van der Waals surface area contributed by atoms with Gasteiger partial charge in [-0.15, -0.1) is 0 Å². The molecule has 1 aromatic carbocycles. The Kier molecular flexibility index (Phi) is 3.32. The fourth-order valence-electron chi connectivity index (χ4n) is 1.89. The van der Waals surface area contributed by atoms with Crippen LogP contribution in [0.15, 0.2) is 30.4 Å². The third-order valence-electron chi connectivity index (χ3n) is 2.95. The Balaban J connectivity index is 2.44. The number of hydrogen-bond acceptors (Lipinski definition) is 3. The molecule has 2 rings (SSSR count). The quantitative estimate of drug-likeness (QED) is 0.683. The van der Waals surface area contributed by atoms with Gasteiger partial charge in [-0.05, 0) is 18.2 Å². The number of anilines is 1. The molecule has 0 fully saturated rings. The van der Waals surface area contributed by atoms with Crippen molar-refractivity contribution in [3.63, 3.8) is 0 Å². The Labute approximate surface area is 116 Å². The van der Waals surface area contributed by atoms with E-state index in [0.29, 0.717) is 6.07 Å². The Hall–Kier alpha value is -2.64. The number of carboxylic acid groups (broad SMARTS) is 1. The molecule has 0 spiro atoms. The van der Waals surface area contributed by atoms with Crippen LogP contribution in [-0.2, 0) is 15.8 Å². The normalized spacial score (nSPS) is 14.3. The Morgan fingerprint density at radius 2 is 1.90 bits per heavy atom. The number of halogens is 3. The number of alkyl halides is 3. The number of carbonyl (C=O) groups excluding carboxylic acids is 2. The highest BCUT2D eigenvalue weighted by atomic mass is 19.4. The maximum absolute atomic E-state index is 12.6. The minimum absolute atomic E-state index is 0.0552. The standard InChI is InChI=1S/C13H8F3NO4/c1-6(12(20)21)5-17-9-3-2-7(13(14,15)16)4-8(9)10(18)11(17)19/h2-4H,1,5H2,(H,20,21). The van der Waals surface area contributed by atoms with E-state index in [0.717, 1.165) is 17.0 Å². The number of aliphatic carboxylic acids is 1. The van der Waals surface area contributed by atoms with E-state index in [1.807, 2.05) is 0 Å². The number of Topliss-reactive ketones (excluding diaryl/α,β-unsaturated/α-hetero) is 1. The number of ketones is 1. The largest absolute Gasteiger partial charge is 0.478 e. The molecule has 1 aliphatic rings. The zero-order chi connectivity index (χ0) is 15.9. The molecule has 1 heterocycles. The molecular formula is C13H8F3NO4. The van der Waals surface area contributed by atoms with Gasteiger partial charge in [0, 0.05) is 5.57 Å². The van der Waals surface area contributed by atoms with Gasteiger partial charge >= 0.3 is 12.1 Å². The molecule has 0 unspecified atom stereocenters. The smallest absolute Gasteiger partial charge is 0.416 e. The summed E-state index contributed by atoms with van der Waals surface area (Å²) < 4.78 is 37.8. The first-order valence-corrected chi connectivity index (χ1v) is 5.61. The van der Waals surface area contributed by atoms with Crippen LogP contribution in [0, 0.1) is 0 Å². The first-order valence-electron chi connectivity index (χ1n) is 5.61. The van der Waals surface area contributed by atoms with Crippen LogP contribution < -0.4 is 4.90 Å². The second kappa shape index (κ2) is 4.72. The van der Waals surface area contributed by atoms with Crippen molar-refractivity contribution in [3.8, 4) is 0 Å². The molecule has 0 saturated carbocycles. The highest BCUT2D eigenvalue weighted by molar-refractivity contribution is 6.52. The van der Waals surface area contributed by atoms with E-state index in [2.05, 4.69) is 6.58 Å². The van der Waals surface area contributed by atoms with Gasteiger partial charge in [0.25, 0.3) is 11.7 Å². The first kappa shape index (κ1) is 14.8. The molecule has 0 bridgehead atoms. The minimum atomic E-state index is -4.64. The predicted octanol–water partition coefficient (Wildman–Crippen LogP) is 1.88. The van der Waals surface area contributed by atoms with Crippen molar-refractivity contribution in [2.45, 2.75) is 6.18 Å². The summed E-state index contributed by atoms with van der Waals surface area (Å²) in [5, 5.41) is 8.72. The average Bonchev–Trinajstić information content (AvgIpc) is 2.62. The summed E-state index contributed by atoms with van der Waals surface area (Å²) in [6.45, 7) is 2.75. The van der Waals surface area contributed by atoms with E-state index in [4.69, 9.17) is 5.11 Å². The molecule has 1 N–H and O–H groups in total. The molecule has 1 amide bonds. The number of amides is 1. The summed E-state index contributed by atoms with van der Waals surface area (Å²) in [4.78, 5) is 34.9. The van der Waals surface area contributed by atoms with Crippen molar-refractivity contribution in [1.29, 1.82) is 0 Å². The molecule has 0 atom stereocenters. The molecule has 0 radical (unpaired) electrons. The summed E-state index contributed by atoms with van der Waals surface area (Å²) in [5.74, 6) is -3.54. The van der Waals surface area contributed by atoms with Crippen molar-refractivity contribution < 1.29 is 32.7 Å². The Morgan fingerprint density at radius 1 is 1.29 bits per heavy atom. The molecule has 0 aromatic heterocycles. The number of hydrogen-bond donors (Lipinski definition) is 1. The molecule has 1 aromatic rings. The molecule has 5 nitrogen and oxygen atoms in total. The summed E-state index contributed by atoms with van der Waals surface area (Å²) in [5.41, 5.74) is -1.86. The number of fused-ring (bicyclic) bond motifs is 1. The first-order chi connectivity index (χ1) is 9.62. The van der Waals surface area contributed by atoms with E-state index >= 15 is 0 Å². The third-order valence-corrected chi connectivity index (χ3v) is 2.95. The molecule has 21 heavy (non-hydrogen) atoms. The van der Waals surface area contributed by atoms with Crippen LogP contribution in [0.2, 0.25) is 0 Å². The Morgan fingerprint density at radius 3 is 2.43 bits per heavy atom.